The second kappa shape index (κ2) is 10.7. The highest BCUT2D eigenvalue weighted by Crippen LogP contribution is 2.35. The average Bonchev–Trinajstić information content (AvgIpc) is 2.67. The van der Waals surface area contributed by atoms with Crippen LogP contribution in [0.1, 0.15) is 54.4 Å². The quantitative estimate of drug-likeness (QED) is 0.615. The highest BCUT2D eigenvalue weighted by molar-refractivity contribution is 5.97. The fraction of sp³-hybridized carbons (Fsp3) is 0.619. The van der Waals surface area contributed by atoms with Gasteiger partial charge in [0.2, 0.25) is 5.91 Å². The molecular weight excluding hydrogens is 378 g/mol. The Morgan fingerprint density at radius 3 is 2.46 bits per heavy atom. The summed E-state index contributed by atoms with van der Waals surface area (Å²) < 4.78 is 5.87. The Bertz CT molecular complexity index is 675. The molecule has 0 aliphatic carbocycles. The van der Waals surface area contributed by atoms with Crippen molar-refractivity contribution in [3.8, 4) is 5.75 Å². The molecule has 2 aliphatic rings. The molecule has 6 nitrogen and oxygen atoms in total. The lowest BCUT2D eigenvalue weighted by Gasteiger charge is -2.36. The maximum Gasteiger partial charge on any atom is 0.255 e. The van der Waals surface area contributed by atoms with E-state index in [4.69, 9.17) is 4.74 Å². The Hall–Kier alpha value is -1.79. The Morgan fingerprint density at radius 2 is 1.68 bits per heavy atom. The minimum atomic E-state index is -0.267. The number of fused-ring (bicyclic) bond motifs is 1. The van der Waals surface area contributed by atoms with Gasteiger partial charge < -0.3 is 20.7 Å². The fourth-order valence-corrected chi connectivity index (χ4v) is 3.96. The Balaban J connectivity index is 0.00000280. The van der Waals surface area contributed by atoms with E-state index in [0.29, 0.717) is 31.0 Å². The van der Waals surface area contributed by atoms with Gasteiger partial charge in [-0.05, 0) is 69.8 Å². The van der Waals surface area contributed by atoms with E-state index in [2.05, 4.69) is 16.0 Å². The lowest BCUT2D eigenvalue weighted by Crippen LogP contribution is -2.48. The fourth-order valence-electron chi connectivity index (χ4n) is 3.96. The molecule has 0 aromatic heterocycles. The Labute approximate surface area is 173 Å². The van der Waals surface area contributed by atoms with Crippen LogP contribution < -0.4 is 20.7 Å². The second-order valence-corrected chi connectivity index (χ2v) is 7.70. The normalized spacial score (nSPS) is 21.0. The predicted octanol–water partition coefficient (Wildman–Crippen LogP) is 2.59. The van der Waals surface area contributed by atoms with Gasteiger partial charge >= 0.3 is 0 Å². The maximum atomic E-state index is 12.9. The van der Waals surface area contributed by atoms with Gasteiger partial charge in [-0.2, -0.15) is 0 Å². The van der Waals surface area contributed by atoms with Gasteiger partial charge in [-0.3, -0.25) is 9.59 Å². The molecule has 3 rings (SSSR count). The first kappa shape index (κ1) is 22.5. The largest absolute Gasteiger partial charge is 0.493 e. The van der Waals surface area contributed by atoms with Gasteiger partial charge in [0.15, 0.2) is 0 Å². The third-order valence-electron chi connectivity index (χ3n) is 5.66. The lowest BCUT2D eigenvalue weighted by atomic mass is 9.74. The molecule has 2 heterocycles. The molecule has 1 spiro atoms. The van der Waals surface area contributed by atoms with Crippen molar-refractivity contribution in [2.75, 3.05) is 32.8 Å². The summed E-state index contributed by atoms with van der Waals surface area (Å²) in [6.07, 6.45) is 5.16. The van der Waals surface area contributed by atoms with Crippen molar-refractivity contribution in [3.63, 3.8) is 0 Å². The number of amides is 2. The highest BCUT2D eigenvalue weighted by atomic mass is 35.5. The SMILES string of the molecule is Cc1ccc2c(c1)OCCCNC(=O)C1(CCCCNC2=O)CCNCC1.Cl. The summed E-state index contributed by atoms with van der Waals surface area (Å²) >= 11 is 0. The van der Waals surface area contributed by atoms with Crippen LogP contribution in [-0.4, -0.2) is 44.6 Å². The van der Waals surface area contributed by atoms with Gasteiger partial charge in [0.25, 0.3) is 5.91 Å². The van der Waals surface area contributed by atoms with Gasteiger partial charge in [0.1, 0.15) is 5.75 Å². The zero-order valence-electron chi connectivity index (χ0n) is 16.6. The molecule has 0 radical (unpaired) electrons. The molecule has 2 amide bonds. The third-order valence-corrected chi connectivity index (χ3v) is 5.66. The molecule has 1 fully saturated rings. The standard InChI is InChI=1S/C21H31N3O3.ClH/c1-16-5-6-17-18(15-16)27-14-4-11-24-20(26)21(8-12-22-13-9-21)7-2-3-10-23-19(17)25;/h5-6,15,22H,2-4,7-14H2,1H3,(H,23,25)(H,24,26);1H. The summed E-state index contributed by atoms with van der Waals surface area (Å²) in [5.74, 6) is 0.702. The van der Waals surface area contributed by atoms with Gasteiger partial charge in [-0.1, -0.05) is 12.5 Å². The molecule has 0 unspecified atom stereocenters. The smallest absolute Gasteiger partial charge is 0.255 e. The molecule has 3 N–H and O–H groups in total. The van der Waals surface area contributed by atoms with Crippen molar-refractivity contribution in [3.05, 3.63) is 29.3 Å². The van der Waals surface area contributed by atoms with E-state index in [1.54, 1.807) is 0 Å². The minimum Gasteiger partial charge on any atom is -0.493 e. The number of hydrogen-bond donors (Lipinski definition) is 3. The summed E-state index contributed by atoms with van der Waals surface area (Å²) in [4.78, 5) is 25.4. The van der Waals surface area contributed by atoms with Crippen molar-refractivity contribution in [1.82, 2.24) is 16.0 Å². The molecule has 156 valence electrons. The van der Waals surface area contributed by atoms with Crippen molar-refractivity contribution in [1.29, 1.82) is 0 Å². The highest BCUT2D eigenvalue weighted by Gasteiger charge is 2.38. The van der Waals surface area contributed by atoms with Crippen LogP contribution in [0, 0.1) is 12.3 Å². The number of carbonyl (C=O) groups excluding carboxylic acids is 2. The van der Waals surface area contributed by atoms with Crippen molar-refractivity contribution in [2.45, 2.75) is 45.4 Å². The molecule has 0 bridgehead atoms. The summed E-state index contributed by atoms with van der Waals surface area (Å²) in [7, 11) is 0. The molecule has 1 aromatic rings. The Morgan fingerprint density at radius 1 is 0.929 bits per heavy atom. The van der Waals surface area contributed by atoms with E-state index in [0.717, 1.165) is 57.2 Å². The molecule has 28 heavy (non-hydrogen) atoms. The number of hydrogen-bond acceptors (Lipinski definition) is 4. The van der Waals surface area contributed by atoms with Crippen LogP contribution in [0.2, 0.25) is 0 Å². The molecular formula is C21H32ClN3O3. The van der Waals surface area contributed by atoms with Crippen LogP contribution >= 0.6 is 12.4 Å². The van der Waals surface area contributed by atoms with Crippen LogP contribution in [0.15, 0.2) is 18.2 Å². The van der Waals surface area contributed by atoms with Crippen LogP contribution in [0.3, 0.4) is 0 Å². The number of ether oxygens (including phenoxy) is 1. The van der Waals surface area contributed by atoms with E-state index in [9.17, 15) is 9.59 Å². The van der Waals surface area contributed by atoms with Gasteiger partial charge in [0, 0.05) is 13.1 Å². The summed E-state index contributed by atoms with van der Waals surface area (Å²) in [6, 6.07) is 5.65. The molecule has 0 atom stereocenters. The van der Waals surface area contributed by atoms with E-state index in [1.807, 2.05) is 25.1 Å². The van der Waals surface area contributed by atoms with Crippen LogP contribution in [0.4, 0.5) is 0 Å². The number of halogens is 1. The first-order valence-electron chi connectivity index (χ1n) is 10.1. The van der Waals surface area contributed by atoms with Crippen LogP contribution in [0.5, 0.6) is 5.75 Å². The summed E-state index contributed by atoms with van der Waals surface area (Å²) in [6.45, 7) is 5.45. The van der Waals surface area contributed by atoms with Crippen molar-refractivity contribution < 1.29 is 14.3 Å². The Kier molecular flexibility index (Phi) is 8.58. The number of nitrogens with one attached hydrogen (secondary N) is 3. The zero-order chi connectivity index (χ0) is 19.1. The second-order valence-electron chi connectivity index (χ2n) is 7.70. The van der Waals surface area contributed by atoms with Gasteiger partial charge in [0.05, 0.1) is 17.6 Å². The van der Waals surface area contributed by atoms with E-state index < -0.39 is 0 Å². The van der Waals surface area contributed by atoms with E-state index >= 15 is 0 Å². The predicted molar refractivity (Wildman–Crippen MR) is 112 cm³/mol. The van der Waals surface area contributed by atoms with Crippen molar-refractivity contribution in [2.24, 2.45) is 5.41 Å². The van der Waals surface area contributed by atoms with Gasteiger partial charge in [-0.25, -0.2) is 0 Å². The number of benzene rings is 1. The number of rotatable bonds is 0. The topological polar surface area (TPSA) is 79.5 Å². The summed E-state index contributed by atoms with van der Waals surface area (Å²) in [5.41, 5.74) is 1.37. The van der Waals surface area contributed by atoms with Crippen LogP contribution in [-0.2, 0) is 4.79 Å². The number of carbonyl (C=O) groups is 2. The first-order valence-corrected chi connectivity index (χ1v) is 10.1. The molecule has 1 aromatic carbocycles. The van der Waals surface area contributed by atoms with E-state index in [1.165, 1.54) is 0 Å². The third kappa shape index (κ3) is 5.61. The zero-order valence-corrected chi connectivity index (χ0v) is 17.5. The molecule has 0 saturated carbocycles. The maximum absolute atomic E-state index is 12.9. The van der Waals surface area contributed by atoms with Gasteiger partial charge in [-0.15, -0.1) is 12.4 Å². The lowest BCUT2D eigenvalue weighted by molar-refractivity contribution is -0.133. The number of aryl methyl sites for hydroxylation is 1. The molecule has 1 saturated heterocycles. The summed E-state index contributed by atoms with van der Waals surface area (Å²) in [5, 5.41) is 9.48. The average molecular weight is 410 g/mol. The van der Waals surface area contributed by atoms with E-state index in [-0.39, 0.29) is 29.6 Å². The first-order chi connectivity index (χ1) is 13.1. The van der Waals surface area contributed by atoms with Crippen LogP contribution in [0.25, 0.3) is 0 Å². The monoisotopic (exact) mass is 409 g/mol. The molecule has 2 aliphatic heterocycles. The van der Waals surface area contributed by atoms with Crippen molar-refractivity contribution >= 4 is 24.2 Å². The molecule has 7 heteroatoms. The minimum absolute atomic E-state index is 0. The number of piperidine rings is 1.